The third-order valence-electron chi connectivity index (χ3n) is 1.40. The molecule has 1 atom stereocenters. The SMILES string of the molecule is O=C1NOCC1Nc1ncns1. The fraction of sp³-hybridized carbons (Fsp3) is 0.400. The first-order chi connectivity index (χ1) is 5.86. The maximum atomic E-state index is 11.0. The van der Waals surface area contributed by atoms with Crippen LogP contribution in [0.4, 0.5) is 5.13 Å². The van der Waals surface area contributed by atoms with Gasteiger partial charge in [-0.05, 0) is 0 Å². The molecule has 0 spiro atoms. The number of nitrogens with one attached hydrogen (secondary N) is 2. The molecule has 1 unspecified atom stereocenters. The molecule has 12 heavy (non-hydrogen) atoms. The molecule has 0 radical (unpaired) electrons. The number of carbonyl (C=O) groups is 1. The third kappa shape index (κ3) is 1.36. The van der Waals surface area contributed by atoms with Gasteiger partial charge >= 0.3 is 0 Å². The Hall–Kier alpha value is -1.21. The molecule has 6 nitrogen and oxygen atoms in total. The van der Waals surface area contributed by atoms with Gasteiger partial charge in [-0.3, -0.25) is 9.63 Å². The Morgan fingerprint density at radius 2 is 2.75 bits per heavy atom. The van der Waals surface area contributed by atoms with Crippen LogP contribution < -0.4 is 10.8 Å². The Labute approximate surface area is 72.1 Å². The molecule has 64 valence electrons. The highest BCUT2D eigenvalue weighted by molar-refractivity contribution is 7.09. The maximum absolute atomic E-state index is 11.0. The summed E-state index contributed by atoms with van der Waals surface area (Å²) in [6.07, 6.45) is 1.43. The minimum Gasteiger partial charge on any atom is -0.346 e. The van der Waals surface area contributed by atoms with Gasteiger partial charge in [-0.1, -0.05) is 0 Å². The second kappa shape index (κ2) is 3.03. The van der Waals surface area contributed by atoms with Gasteiger partial charge in [0, 0.05) is 11.5 Å². The highest BCUT2D eigenvalue weighted by Gasteiger charge is 2.25. The van der Waals surface area contributed by atoms with E-state index < -0.39 is 0 Å². The second-order valence-electron chi connectivity index (χ2n) is 2.22. The molecule has 1 aromatic heterocycles. The van der Waals surface area contributed by atoms with Crippen LogP contribution in [0, 0.1) is 0 Å². The van der Waals surface area contributed by atoms with E-state index in [4.69, 9.17) is 4.84 Å². The van der Waals surface area contributed by atoms with Gasteiger partial charge in [0.2, 0.25) is 5.13 Å². The highest BCUT2D eigenvalue weighted by Crippen LogP contribution is 2.10. The van der Waals surface area contributed by atoms with Crippen molar-refractivity contribution in [2.45, 2.75) is 6.04 Å². The Morgan fingerprint density at radius 3 is 3.33 bits per heavy atom. The molecule has 1 aromatic rings. The van der Waals surface area contributed by atoms with Crippen molar-refractivity contribution >= 4 is 22.6 Å². The molecule has 1 amide bonds. The summed E-state index contributed by atoms with van der Waals surface area (Å²) in [4.78, 5) is 19.5. The zero-order valence-corrected chi connectivity index (χ0v) is 6.80. The number of rotatable bonds is 2. The summed E-state index contributed by atoms with van der Waals surface area (Å²) in [5.41, 5.74) is 2.24. The molecule has 7 heteroatoms. The number of anilines is 1. The average molecular weight is 186 g/mol. The van der Waals surface area contributed by atoms with E-state index in [9.17, 15) is 4.79 Å². The van der Waals surface area contributed by atoms with E-state index in [0.717, 1.165) is 0 Å². The van der Waals surface area contributed by atoms with Crippen molar-refractivity contribution in [1.82, 2.24) is 14.8 Å². The zero-order valence-electron chi connectivity index (χ0n) is 5.98. The lowest BCUT2D eigenvalue weighted by molar-refractivity contribution is -0.124. The van der Waals surface area contributed by atoms with Gasteiger partial charge in [0.15, 0.2) is 0 Å². The molecule has 1 saturated heterocycles. The summed E-state index contributed by atoms with van der Waals surface area (Å²) in [5, 5.41) is 3.50. The average Bonchev–Trinajstić information content (AvgIpc) is 2.65. The van der Waals surface area contributed by atoms with Crippen LogP contribution in [0.2, 0.25) is 0 Å². The van der Waals surface area contributed by atoms with Gasteiger partial charge in [0.05, 0.1) is 0 Å². The van der Waals surface area contributed by atoms with Crippen LogP contribution in [-0.4, -0.2) is 27.9 Å². The van der Waals surface area contributed by atoms with Crippen LogP contribution in [0.3, 0.4) is 0 Å². The van der Waals surface area contributed by atoms with E-state index in [1.807, 2.05) is 0 Å². The molecule has 2 N–H and O–H groups in total. The lowest BCUT2D eigenvalue weighted by Crippen LogP contribution is -2.30. The quantitative estimate of drug-likeness (QED) is 0.643. The number of aromatic nitrogens is 2. The van der Waals surface area contributed by atoms with Crippen molar-refractivity contribution in [2.24, 2.45) is 0 Å². The minimum absolute atomic E-state index is 0.176. The Kier molecular flexibility index (Phi) is 1.88. The lowest BCUT2D eigenvalue weighted by Gasteiger charge is -2.03. The van der Waals surface area contributed by atoms with Crippen LogP contribution in [0.15, 0.2) is 6.33 Å². The third-order valence-corrected chi connectivity index (χ3v) is 1.99. The van der Waals surface area contributed by atoms with Crippen LogP contribution in [-0.2, 0) is 9.63 Å². The summed E-state index contributed by atoms with van der Waals surface area (Å²) in [6.45, 7) is 0.318. The first-order valence-electron chi connectivity index (χ1n) is 3.31. The normalized spacial score (nSPS) is 22.3. The number of hydrogen-bond donors (Lipinski definition) is 2. The van der Waals surface area contributed by atoms with Gasteiger partial charge in [-0.15, -0.1) is 0 Å². The fourth-order valence-electron chi connectivity index (χ4n) is 0.836. The predicted octanol–water partition coefficient (Wildman–Crippen LogP) is -0.620. The first kappa shape index (κ1) is 7.44. The van der Waals surface area contributed by atoms with E-state index in [1.54, 1.807) is 0 Å². The molecule has 2 heterocycles. The minimum atomic E-state index is -0.349. The maximum Gasteiger partial charge on any atom is 0.268 e. The molecular formula is C5H6N4O2S. The van der Waals surface area contributed by atoms with E-state index >= 15 is 0 Å². The summed E-state index contributed by atoms with van der Waals surface area (Å²) >= 11 is 1.20. The monoisotopic (exact) mass is 186 g/mol. The summed E-state index contributed by atoms with van der Waals surface area (Å²) in [5.74, 6) is -0.176. The molecule has 0 aliphatic carbocycles. The number of hydroxylamine groups is 1. The van der Waals surface area contributed by atoms with Crippen LogP contribution >= 0.6 is 11.5 Å². The molecule has 1 aliphatic heterocycles. The van der Waals surface area contributed by atoms with Crippen LogP contribution in [0.25, 0.3) is 0 Å². The molecule has 2 rings (SSSR count). The molecule has 0 bridgehead atoms. The van der Waals surface area contributed by atoms with Gasteiger partial charge in [-0.2, -0.15) is 4.37 Å². The van der Waals surface area contributed by atoms with Crippen LogP contribution in [0.1, 0.15) is 0 Å². The first-order valence-corrected chi connectivity index (χ1v) is 4.08. The van der Waals surface area contributed by atoms with Gasteiger partial charge in [0.1, 0.15) is 19.0 Å². The number of hydrogen-bond acceptors (Lipinski definition) is 6. The number of carbonyl (C=O) groups excluding carboxylic acids is 1. The topological polar surface area (TPSA) is 76.1 Å². The van der Waals surface area contributed by atoms with Crippen molar-refractivity contribution in [3.63, 3.8) is 0 Å². The van der Waals surface area contributed by atoms with Gasteiger partial charge in [0.25, 0.3) is 5.91 Å². The van der Waals surface area contributed by atoms with E-state index in [0.29, 0.717) is 11.7 Å². The summed E-state index contributed by atoms with van der Waals surface area (Å²) < 4.78 is 3.78. The number of nitrogens with zero attached hydrogens (tertiary/aromatic N) is 2. The fourth-order valence-corrected chi connectivity index (χ4v) is 1.32. The van der Waals surface area contributed by atoms with E-state index in [1.165, 1.54) is 17.9 Å². The zero-order chi connectivity index (χ0) is 8.39. The van der Waals surface area contributed by atoms with E-state index in [-0.39, 0.29) is 11.9 Å². The van der Waals surface area contributed by atoms with Crippen molar-refractivity contribution in [1.29, 1.82) is 0 Å². The lowest BCUT2D eigenvalue weighted by atomic mass is 10.3. The highest BCUT2D eigenvalue weighted by atomic mass is 32.1. The molecule has 1 aliphatic rings. The van der Waals surface area contributed by atoms with E-state index in [2.05, 4.69) is 20.2 Å². The largest absolute Gasteiger partial charge is 0.346 e. The van der Waals surface area contributed by atoms with Gasteiger partial charge in [-0.25, -0.2) is 10.5 Å². The number of amides is 1. The smallest absolute Gasteiger partial charge is 0.268 e. The molecule has 0 aromatic carbocycles. The second-order valence-corrected chi connectivity index (χ2v) is 3.00. The van der Waals surface area contributed by atoms with Crippen molar-refractivity contribution in [3.05, 3.63) is 6.33 Å². The summed E-state index contributed by atoms with van der Waals surface area (Å²) in [6, 6.07) is -0.349. The predicted molar refractivity (Wildman–Crippen MR) is 41.4 cm³/mol. The van der Waals surface area contributed by atoms with Crippen molar-refractivity contribution in [3.8, 4) is 0 Å². The van der Waals surface area contributed by atoms with Crippen molar-refractivity contribution < 1.29 is 9.63 Å². The Bertz CT molecular complexity index is 275. The Morgan fingerprint density at radius 1 is 1.83 bits per heavy atom. The molecule has 1 fully saturated rings. The van der Waals surface area contributed by atoms with Gasteiger partial charge < -0.3 is 5.32 Å². The molecular weight excluding hydrogens is 180 g/mol. The molecule has 0 saturated carbocycles. The van der Waals surface area contributed by atoms with Crippen molar-refractivity contribution in [2.75, 3.05) is 11.9 Å². The van der Waals surface area contributed by atoms with Crippen LogP contribution in [0.5, 0.6) is 0 Å². The standard InChI is InChI=1S/C5H6N4O2S/c10-4-3(1-11-9-4)8-5-6-2-7-12-5/h2-3H,1H2,(H,9,10)(H,6,7,8). The Balaban J connectivity index is 1.99. The summed E-state index contributed by atoms with van der Waals surface area (Å²) in [7, 11) is 0.